The van der Waals surface area contributed by atoms with E-state index in [1.54, 1.807) is 0 Å². The van der Waals surface area contributed by atoms with Gasteiger partial charge in [0.2, 0.25) is 0 Å². The van der Waals surface area contributed by atoms with Crippen molar-refractivity contribution in [1.82, 2.24) is 0 Å². The van der Waals surface area contributed by atoms with Crippen LogP contribution in [0, 0.1) is 6.07 Å². The Hall–Kier alpha value is -1.89. The van der Waals surface area contributed by atoms with E-state index in [0.717, 1.165) is 17.4 Å². The van der Waals surface area contributed by atoms with Gasteiger partial charge in [-0.25, -0.2) is 0 Å². The van der Waals surface area contributed by atoms with Gasteiger partial charge in [-0.2, -0.15) is 0 Å². The average molecular weight is 193 g/mol. The van der Waals surface area contributed by atoms with Crippen molar-refractivity contribution in [3.63, 3.8) is 0 Å². The molecule has 2 aromatic carbocycles. The first-order valence-corrected chi connectivity index (χ1v) is 4.96. The van der Waals surface area contributed by atoms with Crippen molar-refractivity contribution in [2.45, 2.75) is 5.92 Å². The fraction of sp³-hybridized carbons (Fsp3) is 0.0714. The van der Waals surface area contributed by atoms with Gasteiger partial charge >= 0.3 is 0 Å². The molecule has 0 aliphatic heterocycles. The van der Waals surface area contributed by atoms with E-state index in [0.29, 0.717) is 0 Å². The van der Waals surface area contributed by atoms with Crippen molar-refractivity contribution in [3.8, 4) is 11.1 Å². The number of rotatable bonds is 1. The molecule has 1 aliphatic carbocycles. The first kappa shape index (κ1) is 8.42. The van der Waals surface area contributed by atoms with E-state index in [9.17, 15) is 4.79 Å². The molecule has 0 N–H and O–H groups in total. The lowest BCUT2D eigenvalue weighted by molar-refractivity contribution is -0.108. The lowest BCUT2D eigenvalue weighted by Gasteiger charge is -2.03. The Morgan fingerprint density at radius 3 is 2.73 bits per heavy atom. The largest absolute Gasteiger partial charge is 0.302 e. The summed E-state index contributed by atoms with van der Waals surface area (Å²) in [5, 5.41) is 0. The van der Waals surface area contributed by atoms with Crippen LogP contribution in [-0.2, 0) is 4.79 Å². The summed E-state index contributed by atoms with van der Waals surface area (Å²) in [6.07, 6.45) is 1.01. The second-order valence-electron chi connectivity index (χ2n) is 3.71. The number of hydrogen-bond donors (Lipinski definition) is 0. The third kappa shape index (κ3) is 1.06. The number of fused-ring (bicyclic) bond motifs is 3. The topological polar surface area (TPSA) is 17.1 Å². The van der Waals surface area contributed by atoms with Crippen LogP contribution in [0.1, 0.15) is 17.0 Å². The highest BCUT2D eigenvalue weighted by Gasteiger charge is 2.26. The van der Waals surface area contributed by atoms with Gasteiger partial charge in [0, 0.05) is 0 Å². The summed E-state index contributed by atoms with van der Waals surface area (Å²) in [6, 6.07) is 16.9. The smallest absolute Gasteiger partial charge is 0.131 e. The van der Waals surface area contributed by atoms with Gasteiger partial charge in [-0.05, 0) is 34.4 Å². The maximum absolute atomic E-state index is 11.1. The van der Waals surface area contributed by atoms with Crippen molar-refractivity contribution < 1.29 is 4.79 Å². The van der Waals surface area contributed by atoms with Gasteiger partial charge in [-0.15, -0.1) is 0 Å². The molecule has 0 aromatic heterocycles. The Balaban J connectivity index is 2.35. The summed E-state index contributed by atoms with van der Waals surface area (Å²) >= 11 is 0. The van der Waals surface area contributed by atoms with Gasteiger partial charge < -0.3 is 4.79 Å². The molecule has 2 aromatic rings. The molecule has 1 atom stereocenters. The molecular weight excluding hydrogens is 184 g/mol. The van der Waals surface area contributed by atoms with Gasteiger partial charge in [0.1, 0.15) is 6.29 Å². The lowest BCUT2D eigenvalue weighted by atomic mass is 9.99. The first-order chi connectivity index (χ1) is 7.42. The maximum Gasteiger partial charge on any atom is 0.131 e. The van der Waals surface area contributed by atoms with Gasteiger partial charge in [-0.1, -0.05) is 36.4 Å². The van der Waals surface area contributed by atoms with Crippen LogP contribution in [0.15, 0.2) is 42.5 Å². The van der Waals surface area contributed by atoms with Crippen LogP contribution >= 0.6 is 0 Å². The molecular formula is C14H9O. The molecule has 71 valence electrons. The Labute approximate surface area is 88.4 Å². The summed E-state index contributed by atoms with van der Waals surface area (Å²) in [4.78, 5) is 11.1. The Morgan fingerprint density at radius 2 is 1.87 bits per heavy atom. The van der Waals surface area contributed by atoms with E-state index < -0.39 is 0 Å². The van der Waals surface area contributed by atoms with Gasteiger partial charge in [-0.3, -0.25) is 0 Å². The molecule has 15 heavy (non-hydrogen) atoms. The molecule has 0 saturated heterocycles. The number of hydrogen-bond acceptors (Lipinski definition) is 1. The highest BCUT2D eigenvalue weighted by Crippen LogP contribution is 2.43. The fourth-order valence-electron chi connectivity index (χ4n) is 2.27. The normalized spacial score (nSPS) is 13.3. The van der Waals surface area contributed by atoms with Crippen molar-refractivity contribution >= 4 is 6.29 Å². The monoisotopic (exact) mass is 193 g/mol. The second-order valence-corrected chi connectivity index (χ2v) is 3.71. The van der Waals surface area contributed by atoms with E-state index in [4.69, 9.17) is 0 Å². The van der Waals surface area contributed by atoms with E-state index in [-0.39, 0.29) is 5.92 Å². The Bertz CT molecular complexity index is 483. The Kier molecular flexibility index (Phi) is 1.72. The molecule has 3 rings (SSSR count). The number of carbonyl (C=O) groups excluding carboxylic acids is 1. The molecule has 1 radical (unpaired) electrons. The van der Waals surface area contributed by atoms with Gasteiger partial charge in [0.25, 0.3) is 0 Å². The van der Waals surface area contributed by atoms with Crippen LogP contribution in [0.25, 0.3) is 11.1 Å². The third-order valence-electron chi connectivity index (χ3n) is 2.95. The van der Waals surface area contributed by atoms with E-state index in [1.165, 1.54) is 11.1 Å². The predicted molar refractivity (Wildman–Crippen MR) is 58.6 cm³/mol. The third-order valence-corrected chi connectivity index (χ3v) is 2.95. The van der Waals surface area contributed by atoms with Crippen molar-refractivity contribution in [3.05, 3.63) is 59.7 Å². The van der Waals surface area contributed by atoms with Crippen LogP contribution in [0.4, 0.5) is 0 Å². The molecule has 0 saturated carbocycles. The number of carbonyl (C=O) groups is 1. The molecule has 1 unspecified atom stereocenters. The highest BCUT2D eigenvalue weighted by molar-refractivity contribution is 5.87. The molecule has 0 spiro atoms. The standard InChI is InChI=1S/C14H9O/c15-9-14-12-7-3-1-5-10(12)11-6-2-4-8-13(11)14/h1-3,5-9,14H. The van der Waals surface area contributed by atoms with Crippen LogP contribution in [0.5, 0.6) is 0 Å². The van der Waals surface area contributed by atoms with Crippen molar-refractivity contribution in [2.75, 3.05) is 0 Å². The zero-order valence-electron chi connectivity index (χ0n) is 8.10. The number of aldehydes is 1. The molecule has 0 heterocycles. The highest BCUT2D eigenvalue weighted by atomic mass is 16.1. The average Bonchev–Trinajstić information content (AvgIpc) is 2.63. The van der Waals surface area contributed by atoms with Gasteiger partial charge in [0.05, 0.1) is 5.92 Å². The second kappa shape index (κ2) is 3.06. The molecule has 1 aliphatic rings. The first-order valence-electron chi connectivity index (χ1n) is 4.96. The zero-order valence-corrected chi connectivity index (χ0v) is 8.10. The molecule has 0 bridgehead atoms. The summed E-state index contributed by atoms with van der Waals surface area (Å²) in [5.74, 6) is -0.103. The Morgan fingerprint density at radius 1 is 1.07 bits per heavy atom. The van der Waals surface area contributed by atoms with Crippen LogP contribution in [0.2, 0.25) is 0 Å². The van der Waals surface area contributed by atoms with Crippen LogP contribution < -0.4 is 0 Å². The molecule has 0 amide bonds. The van der Waals surface area contributed by atoms with Crippen molar-refractivity contribution in [2.24, 2.45) is 0 Å². The minimum Gasteiger partial charge on any atom is -0.302 e. The lowest BCUT2D eigenvalue weighted by Crippen LogP contribution is -1.96. The molecule has 1 nitrogen and oxygen atoms in total. The van der Waals surface area contributed by atoms with E-state index >= 15 is 0 Å². The zero-order chi connectivity index (χ0) is 10.3. The maximum atomic E-state index is 11.1. The summed E-state index contributed by atoms with van der Waals surface area (Å²) in [7, 11) is 0. The molecule has 1 heteroatoms. The fourth-order valence-corrected chi connectivity index (χ4v) is 2.27. The minimum absolute atomic E-state index is 0.103. The summed E-state index contributed by atoms with van der Waals surface area (Å²) < 4.78 is 0. The quantitative estimate of drug-likeness (QED) is 0.636. The number of benzene rings is 2. The predicted octanol–water partition coefficient (Wildman–Crippen LogP) is 2.80. The molecule has 0 fully saturated rings. The van der Waals surface area contributed by atoms with E-state index in [1.807, 2.05) is 36.4 Å². The van der Waals surface area contributed by atoms with Crippen molar-refractivity contribution in [1.29, 1.82) is 0 Å². The summed E-state index contributed by atoms with van der Waals surface area (Å²) in [5.41, 5.74) is 4.54. The minimum atomic E-state index is -0.103. The van der Waals surface area contributed by atoms with E-state index in [2.05, 4.69) is 12.1 Å². The SMILES string of the molecule is O=CC1c2c[c]ccc2-c2ccccc21. The summed E-state index contributed by atoms with van der Waals surface area (Å²) in [6.45, 7) is 0. The van der Waals surface area contributed by atoms with Crippen LogP contribution in [0.3, 0.4) is 0 Å². The van der Waals surface area contributed by atoms with Gasteiger partial charge in [0.15, 0.2) is 0 Å². The van der Waals surface area contributed by atoms with Crippen LogP contribution in [-0.4, -0.2) is 6.29 Å².